The summed E-state index contributed by atoms with van der Waals surface area (Å²) in [5, 5.41) is 0. The highest BCUT2D eigenvalue weighted by molar-refractivity contribution is 5.47. The number of hydrogen-bond acceptors (Lipinski definition) is 1. The number of rotatable bonds is 0. The van der Waals surface area contributed by atoms with E-state index in [4.69, 9.17) is 0 Å². The zero-order chi connectivity index (χ0) is 14.5. The Balaban J connectivity index is 1.72. The van der Waals surface area contributed by atoms with Crippen LogP contribution >= 0.6 is 0 Å². The van der Waals surface area contributed by atoms with E-state index in [1.54, 1.807) is 22.3 Å². The normalized spacial score (nSPS) is 29.9. The molecule has 22 heavy (non-hydrogen) atoms. The molecule has 1 aliphatic carbocycles. The van der Waals surface area contributed by atoms with Crippen LogP contribution in [0.2, 0.25) is 0 Å². The van der Waals surface area contributed by atoms with Crippen LogP contribution in [0.4, 0.5) is 0 Å². The topological polar surface area (TPSA) is 3.24 Å². The molecule has 2 aromatic rings. The lowest BCUT2D eigenvalue weighted by atomic mass is 9.70. The Morgan fingerprint density at radius 3 is 2.41 bits per heavy atom. The van der Waals surface area contributed by atoms with Gasteiger partial charge in [-0.3, -0.25) is 4.90 Å². The summed E-state index contributed by atoms with van der Waals surface area (Å²) in [6.45, 7) is 1.23. The van der Waals surface area contributed by atoms with Gasteiger partial charge in [0.15, 0.2) is 0 Å². The van der Waals surface area contributed by atoms with Crippen molar-refractivity contribution in [3.8, 4) is 0 Å². The van der Waals surface area contributed by atoms with Crippen molar-refractivity contribution in [3.63, 3.8) is 0 Å². The highest BCUT2D eigenvalue weighted by Crippen LogP contribution is 2.50. The third-order valence-electron chi connectivity index (χ3n) is 6.17. The summed E-state index contributed by atoms with van der Waals surface area (Å²) in [6.07, 6.45) is 6.81. The fraction of sp³-hybridized carbons (Fsp3) is 0.429. The molecule has 1 nitrogen and oxygen atoms in total. The summed E-state index contributed by atoms with van der Waals surface area (Å²) < 4.78 is 0. The Kier molecular flexibility index (Phi) is 2.91. The average Bonchev–Trinajstić information content (AvgIpc) is 2.61. The second kappa shape index (κ2) is 4.96. The molecule has 0 spiro atoms. The van der Waals surface area contributed by atoms with E-state index in [0.29, 0.717) is 6.04 Å². The smallest absolute Gasteiger partial charge is 0.0610 e. The molecule has 2 aliphatic heterocycles. The molecule has 3 aliphatic rings. The van der Waals surface area contributed by atoms with Crippen LogP contribution in [0, 0.1) is 0 Å². The van der Waals surface area contributed by atoms with E-state index >= 15 is 0 Å². The van der Waals surface area contributed by atoms with Gasteiger partial charge < -0.3 is 0 Å². The largest absolute Gasteiger partial charge is 0.288 e. The Hall–Kier alpha value is -1.60. The van der Waals surface area contributed by atoms with Gasteiger partial charge in [0, 0.05) is 12.6 Å². The van der Waals surface area contributed by atoms with Crippen LogP contribution in [0.15, 0.2) is 48.5 Å². The van der Waals surface area contributed by atoms with Gasteiger partial charge in [0.1, 0.15) is 0 Å². The van der Waals surface area contributed by atoms with Gasteiger partial charge in [0.2, 0.25) is 0 Å². The summed E-state index contributed by atoms with van der Waals surface area (Å²) >= 11 is 0. The Morgan fingerprint density at radius 2 is 1.50 bits per heavy atom. The summed E-state index contributed by atoms with van der Waals surface area (Å²) in [4.78, 5) is 2.84. The van der Waals surface area contributed by atoms with Crippen LogP contribution in [0.25, 0.3) is 0 Å². The molecule has 0 saturated heterocycles. The Morgan fingerprint density at radius 1 is 0.773 bits per heavy atom. The number of hydrogen-bond donors (Lipinski definition) is 0. The molecule has 0 N–H and O–H groups in total. The molecule has 2 aromatic carbocycles. The second-order valence-electron chi connectivity index (χ2n) is 7.18. The minimum absolute atomic E-state index is 0.500. The van der Waals surface area contributed by atoms with Gasteiger partial charge in [-0.25, -0.2) is 0 Å². The van der Waals surface area contributed by atoms with E-state index in [9.17, 15) is 0 Å². The molecule has 5 rings (SSSR count). The predicted octanol–water partition coefficient (Wildman–Crippen LogP) is 4.67. The van der Waals surface area contributed by atoms with Crippen molar-refractivity contribution >= 4 is 0 Å². The molecule has 0 amide bonds. The van der Waals surface area contributed by atoms with Crippen molar-refractivity contribution in [1.29, 1.82) is 0 Å². The summed E-state index contributed by atoms with van der Waals surface area (Å²) in [5.74, 6) is 0.770. The highest BCUT2D eigenvalue weighted by Gasteiger charge is 2.43. The van der Waals surface area contributed by atoms with Crippen LogP contribution in [-0.4, -0.2) is 17.5 Å². The van der Waals surface area contributed by atoms with Crippen LogP contribution < -0.4 is 0 Å². The first-order valence-electron chi connectivity index (χ1n) is 8.86. The fourth-order valence-corrected chi connectivity index (χ4v) is 5.26. The molecule has 0 unspecified atom stereocenters. The van der Waals surface area contributed by atoms with Crippen molar-refractivity contribution in [2.45, 2.75) is 50.1 Å². The lowest BCUT2D eigenvalue weighted by molar-refractivity contribution is 0.0813. The Labute approximate surface area is 133 Å². The van der Waals surface area contributed by atoms with Gasteiger partial charge in [-0.15, -0.1) is 0 Å². The van der Waals surface area contributed by atoms with Crippen molar-refractivity contribution < 1.29 is 0 Å². The monoisotopic (exact) mass is 289 g/mol. The van der Waals surface area contributed by atoms with Crippen LogP contribution in [-0.2, 0) is 6.42 Å². The lowest BCUT2D eigenvalue weighted by Crippen LogP contribution is -2.50. The van der Waals surface area contributed by atoms with Gasteiger partial charge >= 0.3 is 0 Å². The van der Waals surface area contributed by atoms with E-state index in [1.807, 2.05) is 0 Å². The molecule has 0 aromatic heterocycles. The summed E-state index contributed by atoms with van der Waals surface area (Å²) in [5.41, 5.74) is 6.35. The minimum Gasteiger partial charge on any atom is -0.288 e. The zero-order valence-corrected chi connectivity index (χ0v) is 13.0. The highest BCUT2D eigenvalue weighted by atomic mass is 15.2. The van der Waals surface area contributed by atoms with Gasteiger partial charge in [-0.05, 0) is 47.4 Å². The predicted molar refractivity (Wildman–Crippen MR) is 90.1 cm³/mol. The number of fused-ring (bicyclic) bond motifs is 8. The van der Waals surface area contributed by atoms with E-state index in [2.05, 4.69) is 53.4 Å². The van der Waals surface area contributed by atoms with Crippen molar-refractivity contribution in [2.24, 2.45) is 0 Å². The molecule has 3 atom stereocenters. The molecule has 1 heteroatoms. The molecule has 1 saturated carbocycles. The van der Waals surface area contributed by atoms with E-state index in [1.165, 1.54) is 38.6 Å². The lowest BCUT2D eigenvalue weighted by Gasteiger charge is -2.52. The molecule has 2 heterocycles. The van der Waals surface area contributed by atoms with Crippen LogP contribution in [0.5, 0.6) is 0 Å². The van der Waals surface area contributed by atoms with E-state index in [-0.39, 0.29) is 0 Å². The average molecular weight is 289 g/mol. The third-order valence-corrected chi connectivity index (χ3v) is 6.17. The van der Waals surface area contributed by atoms with Crippen molar-refractivity contribution in [1.82, 2.24) is 4.90 Å². The second-order valence-corrected chi connectivity index (χ2v) is 7.18. The maximum absolute atomic E-state index is 2.84. The first-order valence-corrected chi connectivity index (χ1v) is 8.86. The van der Waals surface area contributed by atoms with Gasteiger partial charge in [0.05, 0.1) is 6.04 Å². The zero-order valence-electron chi connectivity index (χ0n) is 13.0. The molecule has 0 bridgehead atoms. The fourth-order valence-electron chi connectivity index (χ4n) is 5.26. The minimum atomic E-state index is 0.500. The first kappa shape index (κ1) is 12.9. The van der Waals surface area contributed by atoms with Gasteiger partial charge in [0.25, 0.3) is 0 Å². The molecular formula is C21H23N. The third kappa shape index (κ3) is 1.75. The van der Waals surface area contributed by atoms with E-state index < -0.39 is 0 Å². The maximum atomic E-state index is 2.84. The van der Waals surface area contributed by atoms with Crippen LogP contribution in [0.3, 0.4) is 0 Å². The number of nitrogens with zero attached hydrogens (tertiary/aromatic N) is 1. The molecule has 112 valence electrons. The Bertz CT molecular complexity index is 705. The quantitative estimate of drug-likeness (QED) is 0.681. The molecule has 0 radical (unpaired) electrons. The van der Waals surface area contributed by atoms with Crippen molar-refractivity contribution in [3.05, 3.63) is 70.8 Å². The van der Waals surface area contributed by atoms with Gasteiger partial charge in [-0.1, -0.05) is 61.4 Å². The van der Waals surface area contributed by atoms with Gasteiger partial charge in [-0.2, -0.15) is 0 Å². The maximum Gasteiger partial charge on any atom is 0.0610 e. The summed E-state index contributed by atoms with van der Waals surface area (Å²) in [6, 6.07) is 19.7. The first-order chi connectivity index (χ1) is 10.9. The molecular weight excluding hydrogens is 266 g/mol. The standard InChI is InChI=1S/C21H23N/c1-2-8-16-15(7-1)13-14-22-20-12-6-5-10-18(20)17-9-3-4-11-19(17)21(16)22/h1-4,7-9,11,18,20-21H,5-6,10,12-14H2/t18-,20-,21-/m0/s1. The SMILES string of the molecule is c1ccc2c(c1)CCN1[C@@H]2c2ccccc2[C@@H]2CCCC[C@@H]21. The van der Waals surface area contributed by atoms with Crippen LogP contribution in [0.1, 0.15) is 59.9 Å². The van der Waals surface area contributed by atoms with E-state index in [0.717, 1.165) is 12.0 Å². The molecule has 1 fully saturated rings. The van der Waals surface area contributed by atoms with Crippen molar-refractivity contribution in [2.75, 3.05) is 6.54 Å². The number of benzene rings is 2. The summed E-state index contributed by atoms with van der Waals surface area (Å²) in [7, 11) is 0.